The average molecular weight is 365 g/mol. The smallest absolute Gasteiger partial charge is 0.0775 e. The van der Waals surface area contributed by atoms with Gasteiger partial charge in [0.05, 0.1) is 17.3 Å². The zero-order valence-corrected chi connectivity index (χ0v) is 17.7. The number of allylic oxidation sites excluding steroid dienone is 1. The highest BCUT2D eigenvalue weighted by molar-refractivity contribution is 5.18. The van der Waals surface area contributed by atoms with E-state index in [-0.39, 0.29) is 23.3 Å². The van der Waals surface area contributed by atoms with E-state index in [2.05, 4.69) is 38.0 Å². The molecule has 1 saturated heterocycles. The molecule has 0 radical (unpaired) electrons. The van der Waals surface area contributed by atoms with Crippen molar-refractivity contribution in [2.24, 2.45) is 17.8 Å². The molecule has 0 amide bonds. The highest BCUT2D eigenvalue weighted by Gasteiger charge is 2.57. The lowest BCUT2D eigenvalue weighted by Crippen LogP contribution is -2.63. The second-order valence-corrected chi connectivity index (χ2v) is 10.1. The highest BCUT2D eigenvalue weighted by Crippen LogP contribution is 2.55. The van der Waals surface area contributed by atoms with Gasteiger partial charge in [-0.05, 0) is 98.1 Å². The number of nitrogens with one attached hydrogen (secondary N) is 2. The topological polar surface area (TPSA) is 53.5 Å². The van der Waals surface area contributed by atoms with Crippen LogP contribution < -0.4 is 10.6 Å². The lowest BCUT2D eigenvalue weighted by molar-refractivity contribution is -0.144. The maximum absolute atomic E-state index is 11.1. The van der Waals surface area contributed by atoms with Gasteiger partial charge in [-0.15, -0.1) is 0 Å². The maximum atomic E-state index is 11.1. The van der Waals surface area contributed by atoms with Crippen LogP contribution in [0.5, 0.6) is 0 Å². The summed E-state index contributed by atoms with van der Waals surface area (Å²) < 4.78 is 6.79. The fourth-order valence-electron chi connectivity index (χ4n) is 6.17. The summed E-state index contributed by atoms with van der Waals surface area (Å²) in [6, 6.07) is 0.0973. The molecule has 26 heavy (non-hydrogen) atoms. The van der Waals surface area contributed by atoms with Crippen LogP contribution in [0.3, 0.4) is 0 Å². The Hall–Kier alpha value is -0.420. The lowest BCUT2D eigenvalue weighted by Gasteiger charge is -2.56. The minimum absolute atomic E-state index is 0.0180. The van der Waals surface area contributed by atoms with Crippen molar-refractivity contribution >= 4 is 0 Å². The summed E-state index contributed by atoms with van der Waals surface area (Å²) in [5.41, 5.74) is 0.585. The molecule has 0 spiro atoms. The number of likely N-dealkylation sites (N-methyl/N-ethyl adjacent to an activating group) is 2. The normalized spacial score (nSPS) is 47.0. The van der Waals surface area contributed by atoms with Crippen LogP contribution in [0.15, 0.2) is 12.2 Å². The molecule has 150 valence electrons. The summed E-state index contributed by atoms with van der Waals surface area (Å²) in [7, 11) is 4.02. The highest BCUT2D eigenvalue weighted by atomic mass is 16.5. The van der Waals surface area contributed by atoms with Crippen molar-refractivity contribution in [3.63, 3.8) is 0 Å². The van der Waals surface area contributed by atoms with Crippen LogP contribution in [0, 0.1) is 17.8 Å². The van der Waals surface area contributed by atoms with Crippen molar-refractivity contribution in [1.82, 2.24) is 10.6 Å². The van der Waals surface area contributed by atoms with Gasteiger partial charge in [0.2, 0.25) is 0 Å². The van der Waals surface area contributed by atoms with Gasteiger partial charge in [-0.2, -0.15) is 0 Å². The second-order valence-electron chi connectivity index (χ2n) is 10.1. The molecule has 7 atom stereocenters. The molecule has 4 nitrogen and oxygen atoms in total. The minimum Gasteiger partial charge on any atom is -0.389 e. The number of ether oxygens (including phenoxy) is 1. The first-order valence-corrected chi connectivity index (χ1v) is 10.5. The van der Waals surface area contributed by atoms with Crippen LogP contribution in [0.1, 0.15) is 66.2 Å². The third-order valence-electron chi connectivity index (χ3n) is 8.11. The molecule has 2 saturated carbocycles. The maximum Gasteiger partial charge on any atom is 0.0775 e. The molecule has 3 aliphatic rings. The number of fused-ring (bicyclic) bond motifs is 1. The second kappa shape index (κ2) is 6.88. The van der Waals surface area contributed by atoms with Gasteiger partial charge in [0.1, 0.15) is 0 Å². The Balaban J connectivity index is 1.90. The van der Waals surface area contributed by atoms with Crippen LogP contribution in [-0.2, 0) is 4.74 Å². The van der Waals surface area contributed by atoms with Gasteiger partial charge in [0.25, 0.3) is 0 Å². The van der Waals surface area contributed by atoms with Gasteiger partial charge >= 0.3 is 0 Å². The Morgan fingerprint density at radius 1 is 1.15 bits per heavy atom. The summed E-state index contributed by atoms with van der Waals surface area (Å²) in [6.07, 6.45) is 6.55. The van der Waals surface area contributed by atoms with Crippen molar-refractivity contribution < 1.29 is 9.84 Å². The summed E-state index contributed by atoms with van der Waals surface area (Å²) in [4.78, 5) is 0. The van der Waals surface area contributed by atoms with E-state index in [1.54, 1.807) is 0 Å². The molecule has 0 bridgehead atoms. The quantitative estimate of drug-likeness (QED) is 0.670. The van der Waals surface area contributed by atoms with Gasteiger partial charge < -0.3 is 20.5 Å². The Labute approximate surface area is 160 Å². The van der Waals surface area contributed by atoms with Crippen LogP contribution in [-0.4, -0.2) is 48.1 Å². The monoisotopic (exact) mass is 364 g/mol. The molecule has 0 aromatic rings. The molecule has 0 aromatic heterocycles. The van der Waals surface area contributed by atoms with Gasteiger partial charge in [-0.25, -0.2) is 0 Å². The van der Waals surface area contributed by atoms with E-state index in [4.69, 9.17) is 4.74 Å². The van der Waals surface area contributed by atoms with Crippen molar-refractivity contribution in [1.29, 1.82) is 0 Å². The molecule has 1 aliphatic heterocycles. The van der Waals surface area contributed by atoms with Crippen LogP contribution in [0.4, 0.5) is 0 Å². The minimum atomic E-state index is -0.662. The average Bonchev–Trinajstić information content (AvgIpc) is 2.98. The molecule has 3 rings (SSSR count). The van der Waals surface area contributed by atoms with E-state index in [1.165, 1.54) is 5.57 Å². The van der Waals surface area contributed by atoms with E-state index >= 15 is 0 Å². The summed E-state index contributed by atoms with van der Waals surface area (Å²) in [5, 5.41) is 18.0. The van der Waals surface area contributed by atoms with Crippen molar-refractivity contribution in [2.75, 3.05) is 14.1 Å². The third-order valence-corrected chi connectivity index (χ3v) is 8.11. The zero-order valence-electron chi connectivity index (χ0n) is 17.7. The molecule has 3 N–H and O–H groups in total. The van der Waals surface area contributed by atoms with Crippen LogP contribution in [0.25, 0.3) is 0 Å². The van der Waals surface area contributed by atoms with Crippen molar-refractivity contribution in [3.8, 4) is 0 Å². The third kappa shape index (κ3) is 3.28. The first-order valence-electron chi connectivity index (χ1n) is 10.5. The van der Waals surface area contributed by atoms with E-state index in [9.17, 15) is 5.11 Å². The first kappa shape index (κ1) is 20.3. The van der Waals surface area contributed by atoms with Crippen LogP contribution >= 0.6 is 0 Å². The molecular weight excluding hydrogens is 324 g/mol. The number of hydrogen-bond acceptors (Lipinski definition) is 4. The summed E-state index contributed by atoms with van der Waals surface area (Å²) in [6.45, 7) is 13.2. The Bertz CT molecular complexity index is 544. The van der Waals surface area contributed by atoms with Crippen molar-refractivity contribution in [3.05, 3.63) is 12.2 Å². The fourth-order valence-corrected chi connectivity index (χ4v) is 6.17. The largest absolute Gasteiger partial charge is 0.389 e. The molecule has 2 aliphatic carbocycles. The van der Waals surface area contributed by atoms with Gasteiger partial charge in [0.15, 0.2) is 0 Å². The molecule has 3 fully saturated rings. The Kier molecular flexibility index (Phi) is 5.37. The van der Waals surface area contributed by atoms with Gasteiger partial charge in [-0.3, -0.25) is 0 Å². The fraction of sp³-hybridized carbons (Fsp3) is 0.909. The van der Waals surface area contributed by atoms with Crippen molar-refractivity contribution in [2.45, 2.75) is 95.1 Å². The summed E-state index contributed by atoms with van der Waals surface area (Å²) in [5.74, 6) is 1.36. The number of aliphatic hydroxyl groups is 1. The Morgan fingerprint density at radius 2 is 1.85 bits per heavy atom. The lowest BCUT2D eigenvalue weighted by atomic mass is 9.55. The summed E-state index contributed by atoms with van der Waals surface area (Å²) >= 11 is 0. The van der Waals surface area contributed by atoms with E-state index in [0.29, 0.717) is 17.8 Å². The van der Waals surface area contributed by atoms with E-state index < -0.39 is 5.60 Å². The Morgan fingerprint density at radius 3 is 2.46 bits per heavy atom. The van der Waals surface area contributed by atoms with E-state index in [1.807, 2.05) is 21.0 Å². The predicted molar refractivity (Wildman–Crippen MR) is 107 cm³/mol. The number of hydrogen-bond donors (Lipinski definition) is 3. The molecular formula is C22H40N2O2. The molecule has 1 heterocycles. The van der Waals surface area contributed by atoms with Gasteiger partial charge in [0, 0.05) is 11.6 Å². The predicted octanol–water partition coefficient (Wildman–Crippen LogP) is 3.25. The molecule has 7 unspecified atom stereocenters. The first-order chi connectivity index (χ1) is 12.1. The molecule has 0 aromatic carbocycles. The van der Waals surface area contributed by atoms with Crippen LogP contribution in [0.2, 0.25) is 0 Å². The number of rotatable bonds is 4. The van der Waals surface area contributed by atoms with Gasteiger partial charge in [-0.1, -0.05) is 12.2 Å². The standard InChI is InChI=1S/C22H40N2O2/c1-14-8-9-16(18-15(14)10-12-21(4,25)19(18)23-6)22(5)13-11-17(26-22)20(2,3)24-7/h15-19,23-25H,1,8-13H2,2-7H3. The SMILES string of the molecule is C=C1CCC(C2(C)CCC(C(C)(C)NC)O2)C2C1CCC(C)(O)C2NC. The molecule has 4 heteroatoms. The zero-order chi connectivity index (χ0) is 19.3. The van der Waals surface area contributed by atoms with E-state index in [0.717, 1.165) is 38.5 Å².